The number of rotatable bonds is 3. The average molecular weight is 267 g/mol. The third kappa shape index (κ3) is 2.59. The van der Waals surface area contributed by atoms with Gasteiger partial charge in [0.05, 0.1) is 5.54 Å². The van der Waals surface area contributed by atoms with Gasteiger partial charge in [-0.1, -0.05) is 30.3 Å². The molecule has 0 spiro atoms. The Balaban J connectivity index is 1.70. The Morgan fingerprint density at radius 2 is 1.80 bits per heavy atom. The lowest BCUT2D eigenvalue weighted by atomic mass is 10.0. The number of hydrogen-bond donors (Lipinski definition) is 3. The van der Waals surface area contributed by atoms with Gasteiger partial charge in [-0.15, -0.1) is 0 Å². The highest BCUT2D eigenvalue weighted by Crippen LogP contribution is 2.45. The first-order valence-corrected chi connectivity index (χ1v) is 6.68. The van der Waals surface area contributed by atoms with E-state index in [9.17, 15) is 4.79 Å². The molecular formula is C16H17N3O. The molecule has 0 atom stereocenters. The molecule has 0 saturated heterocycles. The van der Waals surface area contributed by atoms with Crippen LogP contribution in [0.3, 0.4) is 0 Å². The number of amides is 2. The van der Waals surface area contributed by atoms with E-state index in [-0.39, 0.29) is 11.6 Å². The fraction of sp³-hybridized carbons (Fsp3) is 0.188. The van der Waals surface area contributed by atoms with Crippen LogP contribution in [0.15, 0.2) is 54.6 Å². The van der Waals surface area contributed by atoms with Crippen molar-refractivity contribution in [3.8, 4) is 0 Å². The van der Waals surface area contributed by atoms with Gasteiger partial charge in [-0.05, 0) is 42.7 Å². The molecule has 1 aliphatic carbocycles. The van der Waals surface area contributed by atoms with Crippen LogP contribution in [0, 0.1) is 0 Å². The van der Waals surface area contributed by atoms with Crippen molar-refractivity contribution in [2.45, 2.75) is 18.4 Å². The summed E-state index contributed by atoms with van der Waals surface area (Å²) >= 11 is 0. The van der Waals surface area contributed by atoms with Crippen molar-refractivity contribution in [1.29, 1.82) is 0 Å². The number of carbonyl (C=O) groups is 1. The van der Waals surface area contributed by atoms with Gasteiger partial charge in [0.2, 0.25) is 0 Å². The molecule has 2 aromatic carbocycles. The molecule has 0 aliphatic heterocycles. The SMILES string of the molecule is Nc1cccc(C2(NC(=O)Nc3ccccc3)CC2)c1. The van der Waals surface area contributed by atoms with Crippen molar-refractivity contribution in [3.63, 3.8) is 0 Å². The number of para-hydroxylation sites is 1. The summed E-state index contributed by atoms with van der Waals surface area (Å²) in [4.78, 5) is 12.1. The minimum Gasteiger partial charge on any atom is -0.399 e. The molecule has 1 fully saturated rings. The fourth-order valence-electron chi connectivity index (χ4n) is 2.35. The molecule has 20 heavy (non-hydrogen) atoms. The van der Waals surface area contributed by atoms with Crippen LogP contribution in [-0.2, 0) is 5.54 Å². The molecule has 0 unspecified atom stereocenters. The first-order valence-electron chi connectivity index (χ1n) is 6.68. The van der Waals surface area contributed by atoms with Gasteiger partial charge in [0, 0.05) is 11.4 Å². The Bertz CT molecular complexity index is 621. The van der Waals surface area contributed by atoms with Crippen LogP contribution >= 0.6 is 0 Å². The lowest BCUT2D eigenvalue weighted by Gasteiger charge is -2.19. The summed E-state index contributed by atoms with van der Waals surface area (Å²) in [6.07, 6.45) is 1.89. The van der Waals surface area contributed by atoms with Crippen molar-refractivity contribution in [2.75, 3.05) is 11.1 Å². The molecular weight excluding hydrogens is 250 g/mol. The third-order valence-electron chi connectivity index (χ3n) is 3.57. The van der Waals surface area contributed by atoms with Crippen LogP contribution in [0.4, 0.5) is 16.2 Å². The van der Waals surface area contributed by atoms with Crippen LogP contribution in [0.5, 0.6) is 0 Å². The predicted octanol–water partition coefficient (Wildman–Crippen LogP) is 3.08. The zero-order chi connectivity index (χ0) is 14.0. The van der Waals surface area contributed by atoms with Crippen LogP contribution < -0.4 is 16.4 Å². The van der Waals surface area contributed by atoms with Crippen molar-refractivity contribution in [1.82, 2.24) is 5.32 Å². The quantitative estimate of drug-likeness (QED) is 0.748. The van der Waals surface area contributed by atoms with E-state index in [4.69, 9.17) is 5.73 Å². The largest absolute Gasteiger partial charge is 0.399 e. The highest BCUT2D eigenvalue weighted by atomic mass is 16.2. The maximum atomic E-state index is 12.1. The van der Waals surface area contributed by atoms with Gasteiger partial charge in [0.25, 0.3) is 0 Å². The Kier molecular flexibility index (Phi) is 3.06. The standard InChI is InChI=1S/C16H17N3O/c17-13-6-4-5-12(11-13)16(9-10-16)19-15(20)18-14-7-2-1-3-8-14/h1-8,11H,9-10,17H2,(H2,18,19,20). The minimum absolute atomic E-state index is 0.184. The van der Waals surface area contributed by atoms with Gasteiger partial charge < -0.3 is 16.4 Å². The molecule has 3 rings (SSSR count). The van der Waals surface area contributed by atoms with Crippen LogP contribution in [0.25, 0.3) is 0 Å². The number of benzene rings is 2. The van der Waals surface area contributed by atoms with Crippen LogP contribution in [0.2, 0.25) is 0 Å². The molecule has 0 aromatic heterocycles. The summed E-state index contributed by atoms with van der Waals surface area (Å²) in [5.41, 5.74) is 8.13. The van der Waals surface area contributed by atoms with Crippen LogP contribution in [0.1, 0.15) is 18.4 Å². The molecule has 2 aromatic rings. The average Bonchev–Trinajstić information content (AvgIpc) is 3.20. The lowest BCUT2D eigenvalue weighted by Crippen LogP contribution is -2.38. The second-order valence-corrected chi connectivity index (χ2v) is 5.15. The number of nitrogens with one attached hydrogen (secondary N) is 2. The van der Waals surface area contributed by atoms with E-state index in [1.54, 1.807) is 0 Å². The second kappa shape index (κ2) is 4.89. The van der Waals surface area contributed by atoms with E-state index in [1.807, 2.05) is 54.6 Å². The predicted molar refractivity (Wildman–Crippen MR) is 80.4 cm³/mol. The molecule has 0 heterocycles. The molecule has 2 amide bonds. The first kappa shape index (κ1) is 12.5. The smallest absolute Gasteiger partial charge is 0.319 e. The highest BCUT2D eigenvalue weighted by molar-refractivity contribution is 5.90. The molecule has 1 aliphatic rings. The Morgan fingerprint density at radius 1 is 1.05 bits per heavy atom. The van der Waals surface area contributed by atoms with Gasteiger partial charge >= 0.3 is 6.03 Å². The second-order valence-electron chi connectivity index (χ2n) is 5.15. The maximum absolute atomic E-state index is 12.1. The van der Waals surface area contributed by atoms with Crippen molar-refractivity contribution >= 4 is 17.4 Å². The number of anilines is 2. The summed E-state index contributed by atoms with van der Waals surface area (Å²) in [5, 5.41) is 5.89. The van der Waals surface area contributed by atoms with E-state index in [1.165, 1.54) is 0 Å². The van der Waals surface area contributed by atoms with E-state index in [0.29, 0.717) is 0 Å². The Hall–Kier alpha value is -2.49. The molecule has 4 nitrogen and oxygen atoms in total. The molecule has 4 heteroatoms. The van der Waals surface area contributed by atoms with Crippen molar-refractivity contribution in [3.05, 3.63) is 60.2 Å². The maximum Gasteiger partial charge on any atom is 0.319 e. The Morgan fingerprint density at radius 3 is 2.45 bits per heavy atom. The molecule has 1 saturated carbocycles. The number of nitrogen functional groups attached to an aromatic ring is 1. The lowest BCUT2D eigenvalue weighted by molar-refractivity contribution is 0.247. The number of urea groups is 1. The molecule has 4 N–H and O–H groups in total. The number of hydrogen-bond acceptors (Lipinski definition) is 2. The van der Waals surface area contributed by atoms with Crippen molar-refractivity contribution < 1.29 is 4.79 Å². The number of nitrogens with two attached hydrogens (primary N) is 1. The van der Waals surface area contributed by atoms with Crippen molar-refractivity contribution in [2.24, 2.45) is 0 Å². The van der Waals surface area contributed by atoms with E-state index in [0.717, 1.165) is 29.8 Å². The summed E-state index contributed by atoms with van der Waals surface area (Å²) < 4.78 is 0. The molecule has 0 radical (unpaired) electrons. The van der Waals surface area contributed by atoms with E-state index in [2.05, 4.69) is 10.6 Å². The minimum atomic E-state index is -0.256. The summed E-state index contributed by atoms with van der Waals surface area (Å²) in [6.45, 7) is 0. The van der Waals surface area contributed by atoms with Gasteiger partial charge in [0.1, 0.15) is 0 Å². The summed E-state index contributed by atoms with van der Waals surface area (Å²) in [5.74, 6) is 0. The Labute approximate surface area is 118 Å². The summed E-state index contributed by atoms with van der Waals surface area (Å²) in [6, 6.07) is 16.9. The van der Waals surface area contributed by atoms with Gasteiger partial charge in [-0.25, -0.2) is 4.79 Å². The fourth-order valence-corrected chi connectivity index (χ4v) is 2.35. The molecule has 102 valence electrons. The van der Waals surface area contributed by atoms with Gasteiger partial charge in [-0.3, -0.25) is 0 Å². The summed E-state index contributed by atoms with van der Waals surface area (Å²) in [7, 11) is 0. The van der Waals surface area contributed by atoms with Gasteiger partial charge in [0.15, 0.2) is 0 Å². The van der Waals surface area contributed by atoms with E-state index < -0.39 is 0 Å². The van der Waals surface area contributed by atoms with Crippen LogP contribution in [-0.4, -0.2) is 6.03 Å². The zero-order valence-electron chi connectivity index (χ0n) is 11.1. The van der Waals surface area contributed by atoms with E-state index >= 15 is 0 Å². The third-order valence-corrected chi connectivity index (χ3v) is 3.57. The monoisotopic (exact) mass is 267 g/mol. The van der Waals surface area contributed by atoms with Gasteiger partial charge in [-0.2, -0.15) is 0 Å². The first-order chi connectivity index (χ1) is 9.68. The molecule has 0 bridgehead atoms. The number of carbonyl (C=O) groups excluding carboxylic acids is 1. The normalized spacial score (nSPS) is 15.4. The highest BCUT2D eigenvalue weighted by Gasteiger charge is 2.45. The zero-order valence-corrected chi connectivity index (χ0v) is 11.1. The topological polar surface area (TPSA) is 67.1 Å².